The van der Waals surface area contributed by atoms with Crippen LogP contribution in [0.4, 0.5) is 0 Å². The number of hydrogen-bond acceptors (Lipinski definition) is 2. The highest BCUT2D eigenvalue weighted by Gasteiger charge is 2.13. The minimum atomic E-state index is -0.920. The lowest BCUT2D eigenvalue weighted by molar-refractivity contribution is -0.131. The summed E-state index contributed by atoms with van der Waals surface area (Å²) < 4.78 is 0. The predicted octanol–water partition coefficient (Wildman–Crippen LogP) is 3.26. The van der Waals surface area contributed by atoms with Gasteiger partial charge in [0.15, 0.2) is 0 Å². The van der Waals surface area contributed by atoms with Crippen LogP contribution in [0.1, 0.15) is 31.9 Å². The molecular weight excluding hydrogens is 238 g/mol. The molecule has 0 saturated heterocycles. The fourth-order valence-corrected chi connectivity index (χ4v) is 1.90. The minimum Gasteiger partial charge on any atom is -0.478 e. The zero-order valence-corrected chi connectivity index (χ0v) is 12.1. The molecule has 0 amide bonds. The average molecular weight is 261 g/mol. The number of carboxylic acids is 1. The summed E-state index contributed by atoms with van der Waals surface area (Å²) in [5.41, 5.74) is 2.12. The molecule has 0 radical (unpaired) electrons. The van der Waals surface area contributed by atoms with Gasteiger partial charge in [-0.15, -0.1) is 0 Å². The second-order valence-corrected chi connectivity index (χ2v) is 5.32. The predicted molar refractivity (Wildman–Crippen MR) is 78.9 cm³/mol. The van der Waals surface area contributed by atoms with Crippen LogP contribution in [0, 0.1) is 5.92 Å². The van der Waals surface area contributed by atoms with Crippen LogP contribution in [-0.2, 0) is 11.3 Å². The first-order valence-electron chi connectivity index (χ1n) is 6.60. The Labute approximate surface area is 115 Å². The van der Waals surface area contributed by atoms with E-state index in [4.69, 9.17) is 5.11 Å². The lowest BCUT2D eigenvalue weighted by Gasteiger charge is -2.27. The highest BCUT2D eigenvalue weighted by molar-refractivity contribution is 5.85. The van der Waals surface area contributed by atoms with Gasteiger partial charge in [0.2, 0.25) is 0 Å². The third kappa shape index (κ3) is 5.26. The van der Waals surface area contributed by atoms with Crippen molar-refractivity contribution in [2.75, 3.05) is 7.05 Å². The van der Waals surface area contributed by atoms with Gasteiger partial charge in [-0.1, -0.05) is 38.1 Å². The third-order valence-corrected chi connectivity index (χ3v) is 3.46. The quantitative estimate of drug-likeness (QED) is 0.799. The lowest BCUT2D eigenvalue weighted by atomic mass is 10.0. The van der Waals surface area contributed by atoms with Crippen molar-refractivity contribution in [1.82, 2.24) is 4.90 Å². The maximum atomic E-state index is 10.5. The maximum Gasteiger partial charge on any atom is 0.328 e. The summed E-state index contributed by atoms with van der Waals surface area (Å²) in [7, 11) is 2.12. The second-order valence-electron chi connectivity index (χ2n) is 5.32. The molecule has 0 fully saturated rings. The number of aliphatic carboxylic acids is 1. The standard InChI is InChI=1S/C16H23NO2/c1-12(2)13(3)17(4)11-15-7-5-6-14(10-15)8-9-16(18)19/h5-10,12-13H,11H2,1-4H3,(H,18,19). The van der Waals surface area contributed by atoms with Crippen molar-refractivity contribution in [2.24, 2.45) is 5.92 Å². The molecule has 19 heavy (non-hydrogen) atoms. The van der Waals surface area contributed by atoms with E-state index in [9.17, 15) is 4.79 Å². The van der Waals surface area contributed by atoms with Gasteiger partial charge in [-0.05, 0) is 37.1 Å². The van der Waals surface area contributed by atoms with Gasteiger partial charge in [0.1, 0.15) is 0 Å². The Bertz CT molecular complexity index is 452. The highest BCUT2D eigenvalue weighted by atomic mass is 16.4. The van der Waals surface area contributed by atoms with Crippen molar-refractivity contribution in [3.8, 4) is 0 Å². The van der Waals surface area contributed by atoms with E-state index < -0.39 is 5.97 Å². The van der Waals surface area contributed by atoms with Crippen LogP contribution in [0.15, 0.2) is 30.3 Å². The van der Waals surface area contributed by atoms with Crippen LogP contribution in [0.5, 0.6) is 0 Å². The summed E-state index contributed by atoms with van der Waals surface area (Å²) in [6.45, 7) is 7.52. The Kier molecular flexibility index (Phi) is 5.77. The largest absolute Gasteiger partial charge is 0.478 e. The fourth-order valence-electron chi connectivity index (χ4n) is 1.90. The first kappa shape index (κ1) is 15.4. The summed E-state index contributed by atoms with van der Waals surface area (Å²) in [4.78, 5) is 12.8. The van der Waals surface area contributed by atoms with Gasteiger partial charge in [-0.25, -0.2) is 4.79 Å². The number of carbonyl (C=O) groups is 1. The first-order valence-corrected chi connectivity index (χ1v) is 6.60. The van der Waals surface area contributed by atoms with E-state index in [1.807, 2.05) is 18.2 Å². The molecular formula is C16H23NO2. The highest BCUT2D eigenvalue weighted by Crippen LogP contribution is 2.14. The van der Waals surface area contributed by atoms with E-state index in [-0.39, 0.29) is 0 Å². The number of benzene rings is 1. The van der Waals surface area contributed by atoms with Crippen molar-refractivity contribution in [3.05, 3.63) is 41.5 Å². The lowest BCUT2D eigenvalue weighted by Crippen LogP contribution is -2.32. The molecule has 3 nitrogen and oxygen atoms in total. The maximum absolute atomic E-state index is 10.5. The minimum absolute atomic E-state index is 0.512. The molecule has 104 valence electrons. The molecule has 0 bridgehead atoms. The van der Waals surface area contributed by atoms with Crippen LogP contribution < -0.4 is 0 Å². The van der Waals surface area contributed by atoms with Gasteiger partial charge in [0, 0.05) is 18.7 Å². The third-order valence-electron chi connectivity index (χ3n) is 3.46. The first-order chi connectivity index (χ1) is 8.90. The van der Waals surface area contributed by atoms with Crippen LogP contribution in [0.2, 0.25) is 0 Å². The van der Waals surface area contributed by atoms with E-state index in [1.165, 1.54) is 11.6 Å². The van der Waals surface area contributed by atoms with Crippen molar-refractivity contribution >= 4 is 12.0 Å². The molecule has 0 aromatic heterocycles. The average Bonchev–Trinajstić information content (AvgIpc) is 2.35. The van der Waals surface area contributed by atoms with Crippen LogP contribution in [0.3, 0.4) is 0 Å². The molecule has 1 aromatic carbocycles. The molecule has 0 aliphatic carbocycles. The van der Waals surface area contributed by atoms with Crippen molar-refractivity contribution < 1.29 is 9.90 Å². The Morgan fingerprint density at radius 1 is 1.37 bits per heavy atom. The Morgan fingerprint density at radius 3 is 2.63 bits per heavy atom. The SMILES string of the molecule is CC(C)C(C)N(C)Cc1cccc(C=CC(=O)O)c1. The summed E-state index contributed by atoms with van der Waals surface area (Å²) in [6.07, 6.45) is 2.79. The molecule has 1 unspecified atom stereocenters. The molecule has 1 rings (SSSR count). The van der Waals surface area contributed by atoms with E-state index >= 15 is 0 Å². The van der Waals surface area contributed by atoms with Crippen LogP contribution >= 0.6 is 0 Å². The second kappa shape index (κ2) is 7.10. The summed E-state index contributed by atoms with van der Waals surface area (Å²) in [5.74, 6) is -0.309. The van der Waals surface area contributed by atoms with Gasteiger partial charge < -0.3 is 5.11 Å². The molecule has 1 aromatic rings. The molecule has 1 N–H and O–H groups in total. The fraction of sp³-hybridized carbons (Fsp3) is 0.438. The summed E-state index contributed by atoms with van der Waals surface area (Å²) in [5, 5.41) is 8.63. The van der Waals surface area contributed by atoms with E-state index in [0.29, 0.717) is 12.0 Å². The molecule has 0 aliphatic heterocycles. The Balaban J connectivity index is 2.74. The topological polar surface area (TPSA) is 40.5 Å². The van der Waals surface area contributed by atoms with E-state index in [2.05, 4.69) is 38.8 Å². The van der Waals surface area contributed by atoms with Crippen molar-refractivity contribution in [3.63, 3.8) is 0 Å². The van der Waals surface area contributed by atoms with Gasteiger partial charge in [0.05, 0.1) is 0 Å². The van der Waals surface area contributed by atoms with Gasteiger partial charge in [-0.3, -0.25) is 4.90 Å². The van der Waals surface area contributed by atoms with Crippen molar-refractivity contribution in [1.29, 1.82) is 0 Å². The monoisotopic (exact) mass is 261 g/mol. The number of carboxylic acid groups (broad SMARTS) is 1. The number of rotatable bonds is 6. The normalized spacial score (nSPS) is 13.4. The van der Waals surface area contributed by atoms with E-state index in [1.54, 1.807) is 6.08 Å². The smallest absolute Gasteiger partial charge is 0.328 e. The molecule has 0 saturated carbocycles. The molecule has 1 atom stereocenters. The number of nitrogens with zero attached hydrogens (tertiary/aromatic N) is 1. The van der Waals surface area contributed by atoms with E-state index in [0.717, 1.165) is 12.1 Å². The van der Waals surface area contributed by atoms with Crippen LogP contribution in [-0.4, -0.2) is 29.1 Å². The Morgan fingerprint density at radius 2 is 2.05 bits per heavy atom. The zero-order valence-electron chi connectivity index (χ0n) is 12.1. The molecule has 3 heteroatoms. The number of hydrogen-bond donors (Lipinski definition) is 1. The van der Waals surface area contributed by atoms with Crippen molar-refractivity contribution in [2.45, 2.75) is 33.4 Å². The van der Waals surface area contributed by atoms with Crippen LogP contribution in [0.25, 0.3) is 6.08 Å². The summed E-state index contributed by atoms with van der Waals surface area (Å²) in [6, 6.07) is 8.49. The van der Waals surface area contributed by atoms with Gasteiger partial charge in [0.25, 0.3) is 0 Å². The molecule has 0 spiro atoms. The van der Waals surface area contributed by atoms with Gasteiger partial charge in [-0.2, -0.15) is 0 Å². The molecule has 0 heterocycles. The summed E-state index contributed by atoms with van der Waals surface area (Å²) >= 11 is 0. The zero-order chi connectivity index (χ0) is 14.4. The Hall–Kier alpha value is -1.61. The molecule has 0 aliphatic rings. The van der Waals surface area contributed by atoms with Gasteiger partial charge >= 0.3 is 5.97 Å².